The lowest BCUT2D eigenvalue weighted by Crippen LogP contribution is -1.96. The highest BCUT2D eigenvalue weighted by Gasteiger charge is 1.95. The van der Waals surface area contributed by atoms with Crippen molar-refractivity contribution >= 4 is 5.97 Å². The van der Waals surface area contributed by atoms with Gasteiger partial charge in [-0.05, 0) is 0 Å². The van der Waals surface area contributed by atoms with E-state index >= 15 is 0 Å². The van der Waals surface area contributed by atoms with Crippen LogP contribution in [0, 0.1) is 0 Å². The van der Waals surface area contributed by atoms with Crippen LogP contribution in [-0.2, 0) is 9.53 Å². The van der Waals surface area contributed by atoms with E-state index in [1.54, 1.807) is 0 Å². The SMILES string of the molecule is FCC(F)F.[2H]C([2H])=C([2H])C(=O)OCF. The van der Waals surface area contributed by atoms with Crippen LogP contribution >= 0.6 is 0 Å². The Hall–Kier alpha value is -1.07. The summed E-state index contributed by atoms with van der Waals surface area (Å²) in [5, 5.41) is 0. The minimum absolute atomic E-state index is 0.947. The Morgan fingerprint density at radius 3 is 2.50 bits per heavy atom. The van der Waals surface area contributed by atoms with Crippen molar-refractivity contribution in [1.82, 2.24) is 0 Å². The number of rotatable bonds is 3. The van der Waals surface area contributed by atoms with Gasteiger partial charge in [-0.25, -0.2) is 22.4 Å². The first-order chi connectivity index (χ1) is 6.86. The maximum atomic E-state index is 11.2. The molecule has 0 fully saturated rings. The van der Waals surface area contributed by atoms with Crippen molar-refractivity contribution in [2.24, 2.45) is 0 Å². The molecule has 0 spiro atoms. The van der Waals surface area contributed by atoms with Crippen molar-refractivity contribution in [1.29, 1.82) is 0 Å². The van der Waals surface area contributed by atoms with Gasteiger partial charge in [0.25, 0.3) is 6.43 Å². The Labute approximate surface area is 71.0 Å². The largest absolute Gasteiger partial charge is 0.431 e. The predicted octanol–water partition coefficient (Wildman–Crippen LogP) is 1.86. The summed E-state index contributed by atoms with van der Waals surface area (Å²) >= 11 is 0. The standard InChI is InChI=1S/C4H5FO2.C2H3F3/c1-2-4(6)7-3-5;3-1-2(4)5/h2H,1,3H2;2H,1H2/i1D2,2D;. The second kappa shape index (κ2) is 9.93. The molecule has 0 saturated carbocycles. The molecule has 0 aromatic carbocycles. The van der Waals surface area contributed by atoms with Gasteiger partial charge < -0.3 is 4.74 Å². The molecule has 0 aromatic heterocycles. The third-order valence-corrected chi connectivity index (χ3v) is 0.404. The maximum absolute atomic E-state index is 11.2. The van der Waals surface area contributed by atoms with Crippen LogP contribution in [0.3, 0.4) is 0 Å². The first-order valence-corrected chi connectivity index (χ1v) is 2.58. The van der Waals surface area contributed by atoms with Crippen LogP contribution < -0.4 is 0 Å². The minimum Gasteiger partial charge on any atom is -0.431 e. The number of hydrogen-bond donors (Lipinski definition) is 0. The van der Waals surface area contributed by atoms with E-state index in [1.807, 2.05) is 0 Å². The minimum atomic E-state index is -2.78. The van der Waals surface area contributed by atoms with Crippen molar-refractivity contribution in [3.63, 3.8) is 0 Å². The summed E-state index contributed by atoms with van der Waals surface area (Å²) in [6, 6.07) is -0.947. The molecule has 0 unspecified atom stereocenters. The lowest BCUT2D eigenvalue weighted by molar-refractivity contribution is -0.141. The number of ether oxygens (including phenoxy) is 1. The summed E-state index contributed by atoms with van der Waals surface area (Å²) in [4.78, 5) is 10.2. The van der Waals surface area contributed by atoms with Gasteiger partial charge in [0.2, 0.25) is 6.86 Å². The Bertz CT molecular complexity index is 218. The quantitative estimate of drug-likeness (QED) is 0.386. The Morgan fingerprint density at radius 2 is 2.25 bits per heavy atom. The van der Waals surface area contributed by atoms with E-state index in [4.69, 9.17) is 4.11 Å². The van der Waals surface area contributed by atoms with Crippen molar-refractivity contribution < 1.29 is 31.2 Å². The third-order valence-electron chi connectivity index (χ3n) is 0.404. The van der Waals surface area contributed by atoms with E-state index in [-0.39, 0.29) is 0 Å². The van der Waals surface area contributed by atoms with Crippen LogP contribution in [0.5, 0.6) is 0 Å². The molecule has 0 bridgehead atoms. The van der Waals surface area contributed by atoms with Crippen molar-refractivity contribution in [2.45, 2.75) is 6.43 Å². The fourth-order valence-corrected chi connectivity index (χ4v) is 0.0856. The van der Waals surface area contributed by atoms with Crippen molar-refractivity contribution in [2.75, 3.05) is 13.5 Å². The zero-order valence-electron chi connectivity index (χ0n) is 8.82. The second-order valence-electron chi connectivity index (χ2n) is 1.21. The highest BCUT2D eigenvalue weighted by Crippen LogP contribution is 1.88. The Morgan fingerprint density at radius 1 is 1.75 bits per heavy atom. The van der Waals surface area contributed by atoms with Crippen LogP contribution in [0.2, 0.25) is 0 Å². The first kappa shape index (κ1) is 7.57. The van der Waals surface area contributed by atoms with Crippen LogP contribution in [0.15, 0.2) is 12.6 Å². The van der Waals surface area contributed by atoms with Crippen molar-refractivity contribution in [3.8, 4) is 0 Å². The topological polar surface area (TPSA) is 26.3 Å². The molecular formula is C6H8F4O2. The fraction of sp³-hybridized carbons (Fsp3) is 0.500. The second-order valence-corrected chi connectivity index (χ2v) is 1.21. The normalized spacial score (nSPS) is 11.6. The molecule has 12 heavy (non-hydrogen) atoms. The Balaban J connectivity index is 0. The molecule has 0 amide bonds. The molecule has 0 aromatic rings. The van der Waals surface area contributed by atoms with Gasteiger partial charge >= 0.3 is 5.97 Å². The van der Waals surface area contributed by atoms with Crippen LogP contribution in [0.4, 0.5) is 17.6 Å². The van der Waals surface area contributed by atoms with E-state index in [0.717, 1.165) is 0 Å². The molecule has 0 radical (unpaired) electrons. The van der Waals surface area contributed by atoms with Crippen LogP contribution in [0.1, 0.15) is 4.11 Å². The Kier molecular flexibility index (Phi) is 6.27. The van der Waals surface area contributed by atoms with Gasteiger partial charge in [-0.3, -0.25) is 0 Å². The molecule has 0 heterocycles. The summed E-state index contributed by atoms with van der Waals surface area (Å²) in [5.41, 5.74) is 0. The highest BCUT2D eigenvalue weighted by atomic mass is 19.3. The monoisotopic (exact) mass is 191 g/mol. The highest BCUT2D eigenvalue weighted by molar-refractivity contribution is 5.81. The molecule has 72 valence electrons. The van der Waals surface area contributed by atoms with Crippen LogP contribution in [0.25, 0.3) is 0 Å². The van der Waals surface area contributed by atoms with Gasteiger partial charge in [-0.15, -0.1) is 0 Å². The average Bonchev–Trinajstić information content (AvgIpc) is 2.17. The molecule has 0 saturated heterocycles. The molecule has 0 aliphatic rings. The summed E-state index contributed by atoms with van der Waals surface area (Å²) < 4.78 is 65.5. The van der Waals surface area contributed by atoms with E-state index in [1.165, 1.54) is 0 Å². The first-order valence-electron chi connectivity index (χ1n) is 4.08. The molecular weight excluding hydrogens is 180 g/mol. The third kappa shape index (κ3) is 16.0. The zero-order valence-corrected chi connectivity index (χ0v) is 5.82. The van der Waals surface area contributed by atoms with E-state index < -0.39 is 38.5 Å². The van der Waals surface area contributed by atoms with Crippen molar-refractivity contribution in [3.05, 3.63) is 12.6 Å². The summed E-state index contributed by atoms with van der Waals surface area (Å²) in [6.45, 7) is -3.85. The smallest absolute Gasteiger partial charge is 0.332 e. The van der Waals surface area contributed by atoms with Gasteiger partial charge in [0.05, 0.1) is 4.11 Å². The number of alkyl halides is 4. The number of halogens is 4. The number of esters is 1. The van der Waals surface area contributed by atoms with Gasteiger partial charge in [0.1, 0.15) is 0 Å². The zero-order chi connectivity index (χ0) is 12.4. The van der Waals surface area contributed by atoms with Crippen LogP contribution in [-0.4, -0.2) is 25.9 Å². The van der Waals surface area contributed by atoms with Gasteiger partial charge in [-0.1, -0.05) is 6.53 Å². The van der Waals surface area contributed by atoms with Gasteiger partial charge in [0, 0.05) is 6.05 Å². The number of carbonyl (C=O) groups excluding carboxylic acids is 1. The van der Waals surface area contributed by atoms with E-state index in [2.05, 4.69) is 4.74 Å². The molecule has 0 aliphatic heterocycles. The summed E-state index contributed by atoms with van der Waals surface area (Å²) in [7, 11) is 0. The van der Waals surface area contributed by atoms with E-state index in [9.17, 15) is 22.4 Å². The van der Waals surface area contributed by atoms with Gasteiger partial charge in [-0.2, -0.15) is 0 Å². The lowest BCUT2D eigenvalue weighted by atomic mass is 10.7. The fourth-order valence-electron chi connectivity index (χ4n) is 0.0856. The molecule has 0 rings (SSSR count). The molecule has 2 nitrogen and oxygen atoms in total. The summed E-state index contributed by atoms with van der Waals surface area (Å²) in [5.74, 6) is -1.29. The number of hydrogen-bond acceptors (Lipinski definition) is 2. The predicted molar refractivity (Wildman–Crippen MR) is 34.2 cm³/mol. The number of carbonyl (C=O) groups is 1. The average molecular weight is 191 g/mol. The molecule has 0 aliphatic carbocycles. The maximum Gasteiger partial charge on any atom is 0.332 e. The molecule has 0 N–H and O–H groups in total. The molecule has 0 atom stereocenters. The summed E-state index contributed by atoms with van der Waals surface area (Å²) in [6.07, 6.45) is -2.78. The van der Waals surface area contributed by atoms with E-state index in [0.29, 0.717) is 0 Å². The van der Waals surface area contributed by atoms with Gasteiger partial charge in [0.15, 0.2) is 6.67 Å². The lowest BCUT2D eigenvalue weighted by Gasteiger charge is -1.87. The molecule has 6 heteroatoms.